The van der Waals surface area contributed by atoms with Crippen LogP contribution in [0.5, 0.6) is 5.75 Å². The first-order valence-corrected chi connectivity index (χ1v) is 9.38. The molecule has 27 heavy (non-hydrogen) atoms. The Bertz CT molecular complexity index is 800. The lowest BCUT2D eigenvalue weighted by Gasteiger charge is -2.53. The maximum Gasteiger partial charge on any atom is 0.260 e. The molecule has 2 fully saturated rings. The first-order chi connectivity index (χ1) is 13.1. The van der Waals surface area contributed by atoms with Gasteiger partial charge < -0.3 is 14.7 Å². The number of carbonyl (C=O) groups is 1. The number of rotatable bonds is 4. The molecule has 2 aliphatic rings. The number of hydrogen-bond donors (Lipinski definition) is 1. The summed E-state index contributed by atoms with van der Waals surface area (Å²) in [6.45, 7) is 0.764. The molecule has 2 unspecified atom stereocenters. The number of benzene rings is 1. The van der Waals surface area contributed by atoms with Crippen molar-refractivity contribution < 1.29 is 19.0 Å². The SMILES string of the molecule is O=C(COc1ccccc1)N1CC2CCCC(C1)C2(O)c1cccnc1F. The number of likely N-dealkylation sites (tertiary alicyclic amines) is 1. The van der Waals surface area contributed by atoms with Crippen LogP contribution in [0.3, 0.4) is 0 Å². The van der Waals surface area contributed by atoms with Crippen LogP contribution in [0.4, 0.5) is 4.39 Å². The van der Waals surface area contributed by atoms with E-state index in [1.165, 1.54) is 6.20 Å². The molecule has 1 aromatic heterocycles. The summed E-state index contributed by atoms with van der Waals surface area (Å²) in [6, 6.07) is 12.5. The highest BCUT2D eigenvalue weighted by Crippen LogP contribution is 2.49. The Kier molecular flexibility index (Phi) is 4.83. The van der Waals surface area contributed by atoms with Crippen molar-refractivity contribution in [2.75, 3.05) is 19.7 Å². The van der Waals surface area contributed by atoms with E-state index in [1.807, 2.05) is 30.3 Å². The molecule has 6 heteroatoms. The number of carbonyl (C=O) groups excluding carboxylic acids is 1. The number of nitrogens with zero attached hydrogens (tertiary/aromatic N) is 2. The molecule has 0 spiro atoms. The van der Waals surface area contributed by atoms with Gasteiger partial charge in [0.2, 0.25) is 5.95 Å². The molecule has 1 aliphatic heterocycles. The van der Waals surface area contributed by atoms with Crippen molar-refractivity contribution in [2.24, 2.45) is 11.8 Å². The molecule has 5 nitrogen and oxygen atoms in total. The van der Waals surface area contributed by atoms with Crippen LogP contribution >= 0.6 is 0 Å². The zero-order valence-corrected chi connectivity index (χ0v) is 15.1. The highest BCUT2D eigenvalue weighted by molar-refractivity contribution is 5.78. The van der Waals surface area contributed by atoms with Gasteiger partial charge in [-0.05, 0) is 31.0 Å². The van der Waals surface area contributed by atoms with Crippen molar-refractivity contribution in [3.05, 3.63) is 60.2 Å². The molecule has 1 amide bonds. The first kappa shape index (κ1) is 17.9. The first-order valence-electron chi connectivity index (χ1n) is 9.38. The lowest BCUT2D eigenvalue weighted by molar-refractivity contribution is -0.165. The van der Waals surface area contributed by atoms with Gasteiger partial charge in [-0.15, -0.1) is 0 Å². The molecule has 2 heterocycles. The molecule has 0 radical (unpaired) electrons. The van der Waals surface area contributed by atoms with Crippen LogP contribution < -0.4 is 4.74 Å². The van der Waals surface area contributed by atoms with E-state index in [2.05, 4.69) is 4.98 Å². The van der Waals surface area contributed by atoms with Crippen molar-refractivity contribution >= 4 is 5.91 Å². The summed E-state index contributed by atoms with van der Waals surface area (Å²) in [5.74, 6) is -0.487. The van der Waals surface area contributed by atoms with Crippen molar-refractivity contribution in [3.8, 4) is 5.75 Å². The Balaban J connectivity index is 1.49. The zero-order valence-electron chi connectivity index (χ0n) is 15.1. The van der Waals surface area contributed by atoms with Crippen LogP contribution in [0.2, 0.25) is 0 Å². The molecule has 1 N–H and O–H groups in total. The Morgan fingerprint density at radius 1 is 1.19 bits per heavy atom. The van der Waals surface area contributed by atoms with E-state index >= 15 is 0 Å². The maximum absolute atomic E-state index is 14.3. The van der Waals surface area contributed by atoms with E-state index < -0.39 is 11.5 Å². The lowest BCUT2D eigenvalue weighted by Crippen LogP contribution is -2.60. The van der Waals surface area contributed by atoms with Gasteiger partial charge in [0.1, 0.15) is 11.4 Å². The number of hydrogen-bond acceptors (Lipinski definition) is 4. The van der Waals surface area contributed by atoms with Crippen LogP contribution in [0.15, 0.2) is 48.7 Å². The van der Waals surface area contributed by atoms with Gasteiger partial charge in [0, 0.05) is 36.7 Å². The zero-order chi connectivity index (χ0) is 18.9. The number of pyridine rings is 1. The second kappa shape index (κ2) is 7.27. The molecule has 2 atom stereocenters. The molecule has 1 aromatic carbocycles. The minimum atomic E-state index is -1.27. The number of fused-ring (bicyclic) bond motifs is 2. The Hall–Kier alpha value is -2.47. The fraction of sp³-hybridized carbons (Fsp3) is 0.429. The van der Waals surface area contributed by atoms with Gasteiger partial charge in [0.25, 0.3) is 5.91 Å². The molecular weight excluding hydrogens is 347 g/mol. The minimum Gasteiger partial charge on any atom is -0.484 e. The van der Waals surface area contributed by atoms with Crippen molar-refractivity contribution in [2.45, 2.75) is 24.9 Å². The number of amides is 1. The van der Waals surface area contributed by atoms with E-state index in [0.29, 0.717) is 18.8 Å². The van der Waals surface area contributed by atoms with Gasteiger partial charge in [0.05, 0.1) is 0 Å². The highest BCUT2D eigenvalue weighted by atomic mass is 19.1. The largest absolute Gasteiger partial charge is 0.484 e. The molecule has 1 saturated heterocycles. The molecule has 142 valence electrons. The van der Waals surface area contributed by atoms with Gasteiger partial charge in [-0.2, -0.15) is 4.39 Å². The minimum absolute atomic E-state index is 0.0386. The molecule has 1 aliphatic carbocycles. The normalized spacial score (nSPS) is 27.3. The van der Waals surface area contributed by atoms with Crippen LogP contribution in [0.1, 0.15) is 24.8 Å². The summed E-state index contributed by atoms with van der Waals surface area (Å²) in [6.07, 6.45) is 3.87. The van der Waals surface area contributed by atoms with E-state index in [1.54, 1.807) is 17.0 Å². The van der Waals surface area contributed by atoms with Gasteiger partial charge >= 0.3 is 0 Å². The van der Waals surface area contributed by atoms with Crippen molar-refractivity contribution in [1.82, 2.24) is 9.88 Å². The topological polar surface area (TPSA) is 62.7 Å². The third kappa shape index (κ3) is 3.30. The van der Waals surface area contributed by atoms with E-state index in [4.69, 9.17) is 4.74 Å². The average Bonchev–Trinajstić information content (AvgIpc) is 2.67. The fourth-order valence-corrected chi connectivity index (χ4v) is 4.53. The summed E-state index contributed by atoms with van der Waals surface area (Å²) in [5.41, 5.74) is -1.01. The average molecular weight is 370 g/mol. The standard InChI is InChI=1S/C21H23FN2O3/c22-20-18(10-5-11-23-20)21(26)15-6-4-7-16(21)13-24(12-15)19(25)14-27-17-8-2-1-3-9-17/h1-3,5,8-11,15-16,26H,4,6-7,12-14H2. The smallest absolute Gasteiger partial charge is 0.260 e. The molecule has 2 aromatic rings. The van der Waals surface area contributed by atoms with Gasteiger partial charge in [-0.3, -0.25) is 4.79 Å². The molecule has 1 saturated carbocycles. The number of aliphatic hydroxyl groups is 1. The third-order valence-corrected chi connectivity index (χ3v) is 5.88. The van der Waals surface area contributed by atoms with Crippen LogP contribution in [-0.4, -0.2) is 40.6 Å². The number of ether oxygens (including phenoxy) is 1. The van der Waals surface area contributed by atoms with Crippen LogP contribution in [-0.2, 0) is 10.4 Å². The van der Waals surface area contributed by atoms with Gasteiger partial charge in [-0.1, -0.05) is 30.7 Å². The third-order valence-electron chi connectivity index (χ3n) is 5.88. The second-order valence-corrected chi connectivity index (χ2v) is 7.39. The van der Waals surface area contributed by atoms with E-state index in [9.17, 15) is 14.3 Å². The summed E-state index contributed by atoms with van der Waals surface area (Å²) in [4.78, 5) is 18.1. The molecule has 2 bridgehead atoms. The van der Waals surface area contributed by atoms with Crippen LogP contribution in [0, 0.1) is 17.8 Å². The van der Waals surface area contributed by atoms with Gasteiger partial charge in [0.15, 0.2) is 6.61 Å². The van der Waals surface area contributed by atoms with Crippen molar-refractivity contribution in [3.63, 3.8) is 0 Å². The van der Waals surface area contributed by atoms with E-state index in [-0.39, 0.29) is 29.9 Å². The lowest BCUT2D eigenvalue weighted by atomic mass is 9.62. The Labute approximate surface area is 157 Å². The number of aromatic nitrogens is 1. The maximum atomic E-state index is 14.3. The van der Waals surface area contributed by atoms with Crippen LogP contribution in [0.25, 0.3) is 0 Å². The van der Waals surface area contributed by atoms with Gasteiger partial charge in [-0.25, -0.2) is 4.98 Å². The number of piperidine rings is 1. The molecular formula is C21H23FN2O3. The Morgan fingerprint density at radius 2 is 1.89 bits per heavy atom. The summed E-state index contributed by atoms with van der Waals surface area (Å²) >= 11 is 0. The fourth-order valence-electron chi connectivity index (χ4n) is 4.53. The number of para-hydroxylation sites is 1. The Morgan fingerprint density at radius 3 is 2.56 bits per heavy atom. The summed E-state index contributed by atoms with van der Waals surface area (Å²) in [5, 5.41) is 11.5. The predicted octanol–water partition coefficient (Wildman–Crippen LogP) is 2.75. The highest BCUT2D eigenvalue weighted by Gasteiger charge is 2.53. The summed E-state index contributed by atoms with van der Waals surface area (Å²) in [7, 11) is 0. The molecule has 4 rings (SSSR count). The second-order valence-electron chi connectivity index (χ2n) is 7.39. The number of halogens is 1. The monoisotopic (exact) mass is 370 g/mol. The van der Waals surface area contributed by atoms with Crippen molar-refractivity contribution in [1.29, 1.82) is 0 Å². The summed E-state index contributed by atoms with van der Waals surface area (Å²) < 4.78 is 19.9. The quantitative estimate of drug-likeness (QED) is 0.841. The predicted molar refractivity (Wildman–Crippen MR) is 97.4 cm³/mol. The van der Waals surface area contributed by atoms with E-state index in [0.717, 1.165) is 19.3 Å².